The molecule has 2 N–H and O–H groups in total. The van der Waals surface area contributed by atoms with Gasteiger partial charge in [-0.05, 0) is 78.9 Å². The molecule has 3 heterocycles. The zero-order chi connectivity index (χ0) is 22.1. The van der Waals surface area contributed by atoms with Gasteiger partial charge in [-0.25, -0.2) is 4.39 Å². The lowest BCUT2D eigenvalue weighted by atomic mass is 9.94. The van der Waals surface area contributed by atoms with Crippen molar-refractivity contribution in [3.05, 3.63) is 53.0 Å². The van der Waals surface area contributed by atoms with Gasteiger partial charge in [-0.2, -0.15) is 5.10 Å². The summed E-state index contributed by atoms with van der Waals surface area (Å²) in [5.74, 6) is 0.00491. The van der Waals surface area contributed by atoms with Crippen molar-refractivity contribution >= 4 is 16.8 Å². The van der Waals surface area contributed by atoms with Crippen LogP contribution < -0.4 is 5.32 Å². The molecule has 1 aromatic heterocycles. The van der Waals surface area contributed by atoms with E-state index in [2.05, 4.69) is 26.5 Å². The number of rotatable bonds is 7. The highest BCUT2D eigenvalue weighted by molar-refractivity contribution is 6.05. The molecule has 2 aliphatic heterocycles. The van der Waals surface area contributed by atoms with Crippen molar-refractivity contribution in [3.8, 4) is 11.1 Å². The molecule has 2 aliphatic rings. The largest absolute Gasteiger partial charge is 0.381 e. The van der Waals surface area contributed by atoms with Crippen LogP contribution in [0.1, 0.15) is 41.4 Å². The van der Waals surface area contributed by atoms with Crippen molar-refractivity contribution in [3.63, 3.8) is 0 Å². The van der Waals surface area contributed by atoms with Crippen LogP contribution in [0.5, 0.6) is 0 Å². The van der Waals surface area contributed by atoms with Crippen LogP contribution in [-0.2, 0) is 17.7 Å². The van der Waals surface area contributed by atoms with Crippen LogP contribution in [0.3, 0.4) is 0 Å². The average Bonchev–Trinajstić information content (AvgIpc) is 3.41. The van der Waals surface area contributed by atoms with Crippen molar-refractivity contribution in [1.82, 2.24) is 20.4 Å². The van der Waals surface area contributed by atoms with Crippen molar-refractivity contribution < 1.29 is 13.9 Å². The van der Waals surface area contributed by atoms with E-state index in [1.54, 1.807) is 6.07 Å². The van der Waals surface area contributed by atoms with Crippen LogP contribution in [0.4, 0.5) is 4.39 Å². The number of benzene rings is 2. The highest BCUT2D eigenvalue weighted by atomic mass is 19.1. The fourth-order valence-electron chi connectivity index (χ4n) is 4.68. The smallest absolute Gasteiger partial charge is 0.272 e. The summed E-state index contributed by atoms with van der Waals surface area (Å²) in [4.78, 5) is 15.1. The van der Waals surface area contributed by atoms with Crippen molar-refractivity contribution in [2.24, 2.45) is 5.92 Å². The van der Waals surface area contributed by atoms with E-state index in [4.69, 9.17) is 4.74 Å². The fourth-order valence-corrected chi connectivity index (χ4v) is 4.68. The first-order valence-corrected chi connectivity index (χ1v) is 11.5. The number of likely N-dealkylation sites (tertiary alicyclic amines) is 1. The van der Waals surface area contributed by atoms with Gasteiger partial charge in [-0.15, -0.1) is 0 Å². The Labute approximate surface area is 187 Å². The molecule has 7 heteroatoms. The number of halogens is 1. The number of amides is 1. The van der Waals surface area contributed by atoms with Crippen LogP contribution >= 0.6 is 0 Å². The Balaban J connectivity index is 1.47. The predicted molar refractivity (Wildman–Crippen MR) is 122 cm³/mol. The number of nitrogens with one attached hydrogen (secondary N) is 2. The number of H-pyrrole nitrogens is 1. The zero-order valence-corrected chi connectivity index (χ0v) is 18.4. The maximum absolute atomic E-state index is 15.0. The van der Waals surface area contributed by atoms with Crippen molar-refractivity contribution in [2.75, 3.05) is 32.8 Å². The Morgan fingerprint density at radius 2 is 2.06 bits per heavy atom. The third-order valence-corrected chi connectivity index (χ3v) is 6.56. The third-order valence-electron chi connectivity index (χ3n) is 6.56. The molecule has 0 aliphatic carbocycles. The standard InChI is InChI=1S/C25H29FN4O2/c1-2-19-20(9-16(10-22(19)26)13-30-7-3-4-8-30)18-5-6-23-21(11-18)24(29-28-23)25(31)27-12-17-14-32-15-17/h5-6,9-11,17H,2-4,7-8,12-15H2,1H3,(H,27,31)(H,28,29). The first-order chi connectivity index (χ1) is 15.6. The number of hydrogen-bond acceptors (Lipinski definition) is 4. The molecule has 0 spiro atoms. The van der Waals surface area contributed by atoms with Gasteiger partial charge in [0, 0.05) is 24.4 Å². The minimum atomic E-state index is -0.204. The maximum Gasteiger partial charge on any atom is 0.272 e. The van der Waals surface area contributed by atoms with E-state index in [1.165, 1.54) is 12.8 Å². The molecule has 3 aromatic rings. The number of hydrogen-bond donors (Lipinski definition) is 2. The Hall–Kier alpha value is -2.77. The number of fused-ring (bicyclic) bond motifs is 1. The normalized spacial score (nSPS) is 17.1. The third kappa shape index (κ3) is 4.14. The summed E-state index contributed by atoms with van der Waals surface area (Å²) in [5.41, 5.74) is 4.65. The maximum atomic E-state index is 15.0. The predicted octanol–water partition coefficient (Wildman–Crippen LogP) is 3.90. The van der Waals surface area contributed by atoms with E-state index in [9.17, 15) is 4.79 Å². The first-order valence-electron chi connectivity index (χ1n) is 11.5. The molecule has 1 amide bonds. The molecule has 0 unspecified atom stereocenters. The Morgan fingerprint density at radius 1 is 1.25 bits per heavy atom. The van der Waals surface area contributed by atoms with E-state index in [1.807, 2.05) is 25.1 Å². The summed E-state index contributed by atoms with van der Waals surface area (Å²) in [6.45, 7) is 6.83. The number of ether oxygens (including phenoxy) is 1. The monoisotopic (exact) mass is 436 g/mol. The van der Waals surface area contributed by atoms with Crippen molar-refractivity contribution in [2.45, 2.75) is 32.7 Å². The van der Waals surface area contributed by atoms with Gasteiger partial charge in [0.15, 0.2) is 5.69 Å². The van der Waals surface area contributed by atoms with E-state index in [0.717, 1.165) is 47.2 Å². The molecular formula is C25H29FN4O2. The number of carbonyl (C=O) groups excluding carboxylic acids is 1. The fraction of sp³-hybridized carbons (Fsp3) is 0.440. The number of nitrogens with zero attached hydrogens (tertiary/aromatic N) is 2. The average molecular weight is 437 g/mol. The second kappa shape index (κ2) is 9.00. The van der Waals surface area contributed by atoms with Crippen LogP contribution in [0.15, 0.2) is 30.3 Å². The molecule has 168 valence electrons. The van der Waals surface area contributed by atoms with E-state index < -0.39 is 0 Å². The highest BCUT2D eigenvalue weighted by Crippen LogP contribution is 2.31. The Kier molecular flexibility index (Phi) is 5.93. The van der Waals surface area contributed by atoms with Gasteiger partial charge in [-0.1, -0.05) is 13.0 Å². The number of aromatic amines is 1. The summed E-state index contributed by atoms with van der Waals surface area (Å²) < 4.78 is 20.2. The van der Waals surface area contributed by atoms with Gasteiger partial charge in [-0.3, -0.25) is 14.8 Å². The van der Waals surface area contributed by atoms with E-state index in [-0.39, 0.29) is 11.7 Å². The molecule has 6 nitrogen and oxygen atoms in total. The molecule has 32 heavy (non-hydrogen) atoms. The topological polar surface area (TPSA) is 70.2 Å². The molecule has 2 fully saturated rings. The minimum absolute atomic E-state index is 0.160. The lowest BCUT2D eigenvalue weighted by molar-refractivity contribution is -0.0298. The Morgan fingerprint density at radius 3 is 2.78 bits per heavy atom. The van der Waals surface area contributed by atoms with Gasteiger partial charge in [0.1, 0.15) is 5.82 Å². The molecule has 0 atom stereocenters. The molecule has 0 radical (unpaired) electrons. The van der Waals surface area contributed by atoms with Crippen LogP contribution in [-0.4, -0.2) is 53.9 Å². The highest BCUT2D eigenvalue weighted by Gasteiger charge is 2.22. The van der Waals surface area contributed by atoms with Gasteiger partial charge in [0.05, 0.1) is 18.7 Å². The number of aromatic nitrogens is 2. The van der Waals surface area contributed by atoms with E-state index >= 15 is 4.39 Å². The van der Waals surface area contributed by atoms with Crippen LogP contribution in [0, 0.1) is 11.7 Å². The zero-order valence-electron chi connectivity index (χ0n) is 18.4. The summed E-state index contributed by atoms with van der Waals surface area (Å²) in [6.07, 6.45) is 3.02. The summed E-state index contributed by atoms with van der Waals surface area (Å²) in [7, 11) is 0. The summed E-state index contributed by atoms with van der Waals surface area (Å²) in [6, 6.07) is 9.63. The first kappa shape index (κ1) is 21.1. The second-order valence-electron chi connectivity index (χ2n) is 8.89. The van der Waals surface area contributed by atoms with Gasteiger partial charge in [0.25, 0.3) is 5.91 Å². The molecule has 0 saturated carbocycles. The summed E-state index contributed by atoms with van der Waals surface area (Å²) in [5, 5.41) is 10.9. The second-order valence-corrected chi connectivity index (χ2v) is 8.89. The lowest BCUT2D eigenvalue weighted by Gasteiger charge is -2.25. The molecular weight excluding hydrogens is 407 g/mol. The molecule has 5 rings (SSSR count). The summed E-state index contributed by atoms with van der Waals surface area (Å²) >= 11 is 0. The molecule has 2 saturated heterocycles. The minimum Gasteiger partial charge on any atom is -0.381 e. The van der Waals surface area contributed by atoms with Crippen LogP contribution in [0.2, 0.25) is 0 Å². The lowest BCUT2D eigenvalue weighted by Crippen LogP contribution is -2.39. The van der Waals surface area contributed by atoms with Gasteiger partial charge in [0.2, 0.25) is 0 Å². The van der Waals surface area contributed by atoms with Gasteiger partial charge >= 0.3 is 0 Å². The Bertz CT molecular complexity index is 1130. The number of carbonyl (C=O) groups is 1. The van der Waals surface area contributed by atoms with E-state index in [0.29, 0.717) is 43.4 Å². The van der Waals surface area contributed by atoms with Crippen molar-refractivity contribution in [1.29, 1.82) is 0 Å². The SMILES string of the molecule is CCc1c(F)cc(CN2CCCC2)cc1-c1ccc2[nH]nc(C(=O)NCC3COC3)c2c1. The van der Waals surface area contributed by atoms with Gasteiger partial charge < -0.3 is 10.1 Å². The molecule has 2 aromatic carbocycles. The quantitative estimate of drug-likeness (QED) is 0.589. The van der Waals surface area contributed by atoms with Crippen LogP contribution in [0.25, 0.3) is 22.0 Å². The molecule has 0 bridgehead atoms.